The van der Waals surface area contributed by atoms with Crippen molar-refractivity contribution in [2.45, 2.75) is 25.7 Å². The van der Waals surface area contributed by atoms with Crippen molar-refractivity contribution in [2.75, 3.05) is 25.0 Å². The molecule has 1 heterocycles. The predicted octanol–water partition coefficient (Wildman–Crippen LogP) is 2.82. The molecule has 0 unspecified atom stereocenters. The number of hydrogen-bond donors (Lipinski definition) is 0. The Balaban J connectivity index is 2.03. The number of benzene rings is 1. The van der Waals surface area contributed by atoms with Gasteiger partial charge in [-0.2, -0.15) is 18.4 Å². The number of alkyl halides is 3. The first-order valence-electron chi connectivity index (χ1n) is 8.28. The van der Waals surface area contributed by atoms with Crippen LogP contribution in [0.3, 0.4) is 0 Å². The lowest BCUT2D eigenvalue weighted by Gasteiger charge is -2.25. The number of carbonyl (C=O) groups is 1. The van der Waals surface area contributed by atoms with E-state index in [1.807, 2.05) is 12.1 Å². The number of imidazole rings is 1. The van der Waals surface area contributed by atoms with Gasteiger partial charge < -0.3 is 9.47 Å². The third kappa shape index (κ3) is 6.42. The number of rotatable bonds is 8. The normalized spacial score (nSPS) is 11.4. The van der Waals surface area contributed by atoms with Gasteiger partial charge in [0.2, 0.25) is 5.91 Å². The summed E-state index contributed by atoms with van der Waals surface area (Å²) in [5.41, 5.74) is 0.671. The highest BCUT2D eigenvalue weighted by Gasteiger charge is 2.29. The summed E-state index contributed by atoms with van der Waals surface area (Å²) in [6, 6.07) is 11.0. The second kappa shape index (κ2) is 9.19. The summed E-state index contributed by atoms with van der Waals surface area (Å²) in [4.78, 5) is 19.7. The third-order valence-corrected chi connectivity index (χ3v) is 3.78. The monoisotopic (exact) mass is 379 g/mol. The molecule has 144 valence electrons. The summed E-state index contributed by atoms with van der Waals surface area (Å²) in [5, 5.41) is 8.82. The molecule has 6 nitrogen and oxygen atoms in total. The first-order chi connectivity index (χ1) is 12.8. The fourth-order valence-electron chi connectivity index (χ4n) is 2.61. The van der Waals surface area contributed by atoms with Crippen molar-refractivity contribution in [1.29, 1.82) is 5.26 Å². The van der Waals surface area contributed by atoms with E-state index in [0.29, 0.717) is 5.69 Å². The Morgan fingerprint density at radius 2 is 2.00 bits per heavy atom. The molecule has 0 aliphatic heterocycles. The molecule has 0 aliphatic carbocycles. The molecular weight excluding hydrogens is 359 g/mol. The minimum absolute atomic E-state index is 0.0147. The number of aromatic nitrogens is 2. The zero-order valence-corrected chi connectivity index (χ0v) is 14.9. The maximum Gasteiger partial charge on any atom is 0.406 e. The first-order valence-corrected chi connectivity index (χ1v) is 8.28. The molecule has 2 aromatic rings. The second-order valence-electron chi connectivity index (χ2n) is 6.05. The average molecular weight is 379 g/mol. The molecule has 0 saturated heterocycles. The van der Waals surface area contributed by atoms with Crippen LogP contribution in [-0.2, 0) is 17.9 Å². The number of para-hydroxylation sites is 1. The minimum atomic E-state index is -4.34. The van der Waals surface area contributed by atoms with Gasteiger partial charge in [0.25, 0.3) is 0 Å². The van der Waals surface area contributed by atoms with Crippen LogP contribution < -0.4 is 4.90 Å². The highest BCUT2D eigenvalue weighted by atomic mass is 19.4. The van der Waals surface area contributed by atoms with Crippen molar-refractivity contribution in [1.82, 2.24) is 14.5 Å². The van der Waals surface area contributed by atoms with Crippen molar-refractivity contribution >= 4 is 11.6 Å². The van der Waals surface area contributed by atoms with Crippen LogP contribution >= 0.6 is 0 Å². The van der Waals surface area contributed by atoms with Crippen molar-refractivity contribution in [3.63, 3.8) is 0 Å². The number of nitriles is 1. The molecule has 0 N–H and O–H groups in total. The maximum atomic E-state index is 12.7. The molecule has 27 heavy (non-hydrogen) atoms. The summed E-state index contributed by atoms with van der Waals surface area (Å²) in [6.45, 7) is -0.798. The zero-order valence-electron chi connectivity index (χ0n) is 14.9. The van der Waals surface area contributed by atoms with Crippen LogP contribution in [0.4, 0.5) is 18.9 Å². The molecule has 2 rings (SSSR count). The Morgan fingerprint density at radius 3 is 2.63 bits per heavy atom. The molecule has 0 bridgehead atoms. The Hall–Kier alpha value is -2.86. The quantitative estimate of drug-likeness (QED) is 0.708. The predicted molar refractivity (Wildman–Crippen MR) is 93.6 cm³/mol. The second-order valence-corrected chi connectivity index (χ2v) is 6.05. The van der Waals surface area contributed by atoms with E-state index in [2.05, 4.69) is 4.98 Å². The van der Waals surface area contributed by atoms with Gasteiger partial charge >= 0.3 is 6.18 Å². The molecule has 0 fully saturated rings. The van der Waals surface area contributed by atoms with Gasteiger partial charge in [0.05, 0.1) is 25.6 Å². The molecule has 0 saturated carbocycles. The maximum absolute atomic E-state index is 12.7. The molecule has 0 aliphatic rings. The highest BCUT2D eigenvalue weighted by Crippen LogP contribution is 2.19. The molecule has 1 amide bonds. The van der Waals surface area contributed by atoms with Crippen LogP contribution in [0.2, 0.25) is 0 Å². The minimum Gasteiger partial charge on any atom is -0.325 e. The van der Waals surface area contributed by atoms with Crippen LogP contribution in [0.15, 0.2) is 42.7 Å². The molecule has 1 aromatic heterocycles. The number of halogens is 3. The van der Waals surface area contributed by atoms with Crippen molar-refractivity contribution in [2.24, 2.45) is 0 Å². The van der Waals surface area contributed by atoms with Gasteiger partial charge in [0.1, 0.15) is 12.4 Å². The smallest absolute Gasteiger partial charge is 0.325 e. The van der Waals surface area contributed by atoms with Crippen molar-refractivity contribution in [3.05, 3.63) is 48.5 Å². The zero-order chi connectivity index (χ0) is 19.9. The van der Waals surface area contributed by atoms with E-state index in [9.17, 15) is 18.0 Å². The Labute approximate surface area is 155 Å². The number of likely N-dealkylation sites (N-methyl/N-ethyl adjacent to an activating group) is 1. The standard InChI is InChI=1S/C18H20F3N5O/c1-24(12-16-23-9-11-25(16)14-18(19,20)21)13-17(27)26(10-5-8-22)15-6-3-2-4-7-15/h2-4,6-7,9,11H,5,10,12-14H2,1H3. The van der Waals surface area contributed by atoms with Gasteiger partial charge in [-0.1, -0.05) is 18.2 Å². The van der Waals surface area contributed by atoms with Crippen LogP contribution in [0.5, 0.6) is 0 Å². The Bertz CT molecular complexity index is 782. The molecule has 0 spiro atoms. The Kier molecular flexibility index (Phi) is 6.96. The molecule has 9 heteroatoms. The van der Waals surface area contributed by atoms with Crippen LogP contribution in [0, 0.1) is 11.3 Å². The van der Waals surface area contributed by atoms with E-state index in [1.165, 1.54) is 17.3 Å². The highest BCUT2D eigenvalue weighted by molar-refractivity contribution is 5.94. The summed E-state index contributed by atoms with van der Waals surface area (Å²) >= 11 is 0. The largest absolute Gasteiger partial charge is 0.406 e. The fourth-order valence-corrected chi connectivity index (χ4v) is 2.61. The topological polar surface area (TPSA) is 65.2 Å². The van der Waals surface area contributed by atoms with Gasteiger partial charge in [0, 0.05) is 24.6 Å². The van der Waals surface area contributed by atoms with Crippen LogP contribution in [-0.4, -0.2) is 46.7 Å². The van der Waals surface area contributed by atoms with Crippen molar-refractivity contribution in [3.8, 4) is 6.07 Å². The van der Waals surface area contributed by atoms with E-state index in [-0.39, 0.29) is 37.8 Å². The number of carbonyl (C=O) groups excluding carboxylic acids is 1. The van der Waals surface area contributed by atoms with Crippen LogP contribution in [0.1, 0.15) is 12.2 Å². The summed E-state index contributed by atoms with van der Waals surface area (Å²) < 4.78 is 38.8. The van der Waals surface area contributed by atoms with Gasteiger partial charge in [-0.05, 0) is 19.2 Å². The summed E-state index contributed by atoms with van der Waals surface area (Å²) in [7, 11) is 1.64. The van der Waals surface area contributed by atoms with E-state index >= 15 is 0 Å². The molecule has 1 aromatic carbocycles. The van der Waals surface area contributed by atoms with Gasteiger partial charge in [-0.25, -0.2) is 4.98 Å². The molecule has 0 atom stereocenters. The van der Waals surface area contributed by atoms with Gasteiger partial charge in [-0.15, -0.1) is 0 Å². The number of nitrogens with zero attached hydrogens (tertiary/aromatic N) is 5. The Morgan fingerprint density at radius 1 is 1.30 bits per heavy atom. The van der Waals surface area contributed by atoms with E-state index in [4.69, 9.17) is 5.26 Å². The van der Waals surface area contributed by atoms with E-state index < -0.39 is 12.7 Å². The summed E-state index contributed by atoms with van der Waals surface area (Å²) in [5.74, 6) is -0.0150. The lowest BCUT2D eigenvalue weighted by atomic mass is 10.2. The van der Waals surface area contributed by atoms with E-state index in [0.717, 1.165) is 4.57 Å². The first kappa shape index (κ1) is 20.5. The van der Waals surface area contributed by atoms with Crippen LogP contribution in [0.25, 0.3) is 0 Å². The number of anilines is 1. The van der Waals surface area contributed by atoms with Gasteiger partial charge in [-0.3, -0.25) is 9.69 Å². The fraction of sp³-hybridized carbons (Fsp3) is 0.389. The lowest BCUT2D eigenvalue weighted by molar-refractivity contribution is -0.141. The average Bonchev–Trinajstić information content (AvgIpc) is 3.00. The lowest BCUT2D eigenvalue weighted by Crippen LogP contribution is -2.39. The van der Waals surface area contributed by atoms with E-state index in [1.54, 1.807) is 36.2 Å². The van der Waals surface area contributed by atoms with Crippen molar-refractivity contribution < 1.29 is 18.0 Å². The molecule has 0 radical (unpaired) electrons. The molecular formula is C18H20F3N5O. The van der Waals surface area contributed by atoms with Gasteiger partial charge in [0.15, 0.2) is 0 Å². The number of amides is 1. The SMILES string of the molecule is CN(CC(=O)N(CCC#N)c1ccccc1)Cc1nccn1CC(F)(F)F. The third-order valence-electron chi connectivity index (χ3n) is 3.78. The number of hydrogen-bond acceptors (Lipinski definition) is 4. The summed E-state index contributed by atoms with van der Waals surface area (Å²) in [6.07, 6.45) is -1.59.